The van der Waals surface area contributed by atoms with Crippen LogP contribution < -0.4 is 5.73 Å². The Bertz CT molecular complexity index is 355. The second-order valence-electron chi connectivity index (χ2n) is 4.18. The van der Waals surface area contributed by atoms with E-state index in [4.69, 9.17) is 22.1 Å². The summed E-state index contributed by atoms with van der Waals surface area (Å²) >= 11 is 5.70. The van der Waals surface area contributed by atoms with Crippen LogP contribution >= 0.6 is 11.6 Å². The molecule has 0 fully saturated rings. The van der Waals surface area contributed by atoms with Gasteiger partial charge in [-0.05, 0) is 31.9 Å². The van der Waals surface area contributed by atoms with Crippen LogP contribution in [0.3, 0.4) is 0 Å². The van der Waals surface area contributed by atoms with Gasteiger partial charge in [0.15, 0.2) is 0 Å². The number of ether oxygens (including phenoxy) is 1. The standard InChI is InChI=1S/C12H17ClFNO/c1-3-16-8-12(2,15)7-9-5-4-6-10(13)11(9)14/h4-6H,3,7-8,15H2,1-2H3. The third kappa shape index (κ3) is 3.74. The Morgan fingerprint density at radius 3 is 2.81 bits per heavy atom. The van der Waals surface area contributed by atoms with E-state index in [1.54, 1.807) is 12.1 Å². The number of halogens is 2. The van der Waals surface area contributed by atoms with E-state index < -0.39 is 11.4 Å². The summed E-state index contributed by atoms with van der Waals surface area (Å²) in [5.41, 5.74) is 5.96. The summed E-state index contributed by atoms with van der Waals surface area (Å²) < 4.78 is 18.9. The Labute approximate surface area is 101 Å². The molecule has 0 heterocycles. The number of hydrogen-bond donors (Lipinski definition) is 1. The minimum atomic E-state index is -0.582. The quantitative estimate of drug-likeness (QED) is 0.866. The first-order chi connectivity index (χ1) is 7.46. The zero-order valence-corrected chi connectivity index (χ0v) is 10.4. The van der Waals surface area contributed by atoms with Crippen molar-refractivity contribution < 1.29 is 9.13 Å². The van der Waals surface area contributed by atoms with Crippen LogP contribution in [0.15, 0.2) is 18.2 Å². The molecule has 0 bridgehead atoms. The summed E-state index contributed by atoms with van der Waals surface area (Å²) in [5.74, 6) is -0.391. The van der Waals surface area contributed by atoms with Gasteiger partial charge in [0.25, 0.3) is 0 Å². The maximum absolute atomic E-state index is 13.6. The molecule has 0 aliphatic carbocycles. The zero-order valence-electron chi connectivity index (χ0n) is 9.59. The highest BCUT2D eigenvalue weighted by Gasteiger charge is 2.21. The minimum Gasteiger partial charge on any atom is -0.380 e. The molecule has 1 rings (SSSR count). The molecule has 0 aromatic heterocycles. The molecule has 0 aliphatic heterocycles. The van der Waals surface area contributed by atoms with E-state index in [9.17, 15) is 4.39 Å². The van der Waals surface area contributed by atoms with Crippen LogP contribution in [0.4, 0.5) is 4.39 Å². The van der Waals surface area contributed by atoms with Crippen LogP contribution in [-0.4, -0.2) is 18.8 Å². The largest absolute Gasteiger partial charge is 0.380 e. The lowest BCUT2D eigenvalue weighted by molar-refractivity contribution is 0.101. The lowest BCUT2D eigenvalue weighted by Crippen LogP contribution is -2.43. The van der Waals surface area contributed by atoms with Crippen LogP contribution in [0.1, 0.15) is 19.4 Å². The van der Waals surface area contributed by atoms with E-state index >= 15 is 0 Å². The summed E-state index contributed by atoms with van der Waals surface area (Å²) in [6.07, 6.45) is 0.402. The SMILES string of the molecule is CCOCC(C)(N)Cc1cccc(Cl)c1F. The van der Waals surface area contributed by atoms with E-state index in [0.717, 1.165) is 0 Å². The van der Waals surface area contributed by atoms with Crippen LogP contribution in [0.5, 0.6) is 0 Å². The Morgan fingerprint density at radius 2 is 2.19 bits per heavy atom. The molecular weight excluding hydrogens is 229 g/mol. The van der Waals surface area contributed by atoms with E-state index in [1.807, 2.05) is 13.8 Å². The third-order valence-electron chi connectivity index (χ3n) is 2.26. The molecule has 1 atom stereocenters. The van der Waals surface area contributed by atoms with Crippen LogP contribution in [-0.2, 0) is 11.2 Å². The molecule has 0 spiro atoms. The van der Waals surface area contributed by atoms with Crippen molar-refractivity contribution in [2.24, 2.45) is 5.73 Å². The fraction of sp³-hybridized carbons (Fsp3) is 0.500. The topological polar surface area (TPSA) is 35.2 Å². The summed E-state index contributed by atoms with van der Waals surface area (Å²) in [6.45, 7) is 4.74. The van der Waals surface area contributed by atoms with Crippen molar-refractivity contribution in [3.05, 3.63) is 34.6 Å². The average Bonchev–Trinajstić information content (AvgIpc) is 2.22. The van der Waals surface area contributed by atoms with E-state index in [2.05, 4.69) is 0 Å². The number of nitrogens with two attached hydrogens (primary N) is 1. The van der Waals surface area contributed by atoms with Gasteiger partial charge in [-0.25, -0.2) is 4.39 Å². The van der Waals surface area contributed by atoms with Crippen molar-refractivity contribution in [3.8, 4) is 0 Å². The molecular formula is C12H17ClFNO. The predicted octanol–water partition coefficient (Wildman–Crippen LogP) is 2.78. The molecule has 0 amide bonds. The van der Waals surface area contributed by atoms with Crippen molar-refractivity contribution in [3.63, 3.8) is 0 Å². The second kappa shape index (κ2) is 5.62. The molecule has 16 heavy (non-hydrogen) atoms. The normalized spacial score (nSPS) is 14.8. The Kier molecular flexibility index (Phi) is 4.71. The second-order valence-corrected chi connectivity index (χ2v) is 4.59. The fourth-order valence-electron chi connectivity index (χ4n) is 1.51. The van der Waals surface area contributed by atoms with Crippen molar-refractivity contribution in [2.75, 3.05) is 13.2 Å². The van der Waals surface area contributed by atoms with Crippen LogP contribution in [0.25, 0.3) is 0 Å². The van der Waals surface area contributed by atoms with Gasteiger partial charge in [0.1, 0.15) is 5.82 Å². The van der Waals surface area contributed by atoms with Gasteiger partial charge < -0.3 is 10.5 Å². The molecule has 0 radical (unpaired) electrons. The minimum absolute atomic E-state index is 0.129. The average molecular weight is 246 g/mol. The highest BCUT2D eigenvalue weighted by atomic mass is 35.5. The highest BCUT2D eigenvalue weighted by Crippen LogP contribution is 2.21. The van der Waals surface area contributed by atoms with Gasteiger partial charge in [-0.3, -0.25) is 0 Å². The molecule has 0 saturated heterocycles. The van der Waals surface area contributed by atoms with Gasteiger partial charge >= 0.3 is 0 Å². The van der Waals surface area contributed by atoms with Gasteiger partial charge in [0.2, 0.25) is 0 Å². The smallest absolute Gasteiger partial charge is 0.145 e. The van der Waals surface area contributed by atoms with Crippen LogP contribution in [0, 0.1) is 5.82 Å². The van der Waals surface area contributed by atoms with Gasteiger partial charge in [-0.1, -0.05) is 23.7 Å². The predicted molar refractivity (Wildman–Crippen MR) is 64.2 cm³/mol. The maximum atomic E-state index is 13.6. The Balaban J connectivity index is 2.75. The van der Waals surface area contributed by atoms with Crippen molar-refractivity contribution in [1.82, 2.24) is 0 Å². The van der Waals surface area contributed by atoms with Crippen molar-refractivity contribution in [1.29, 1.82) is 0 Å². The molecule has 2 N–H and O–H groups in total. The van der Waals surface area contributed by atoms with Crippen molar-refractivity contribution >= 4 is 11.6 Å². The summed E-state index contributed by atoms with van der Waals surface area (Å²) in [7, 11) is 0. The molecule has 2 nitrogen and oxygen atoms in total. The summed E-state index contributed by atoms with van der Waals surface area (Å²) in [5, 5.41) is 0.129. The summed E-state index contributed by atoms with van der Waals surface area (Å²) in [6, 6.07) is 4.94. The molecule has 0 saturated carbocycles. The maximum Gasteiger partial charge on any atom is 0.145 e. The number of rotatable bonds is 5. The first-order valence-corrected chi connectivity index (χ1v) is 5.63. The Hall–Kier alpha value is -0.640. The number of benzene rings is 1. The van der Waals surface area contributed by atoms with E-state index in [0.29, 0.717) is 25.2 Å². The van der Waals surface area contributed by atoms with Gasteiger partial charge in [-0.15, -0.1) is 0 Å². The highest BCUT2D eigenvalue weighted by molar-refractivity contribution is 6.30. The van der Waals surface area contributed by atoms with Gasteiger partial charge in [0, 0.05) is 12.1 Å². The molecule has 1 aromatic carbocycles. The number of hydrogen-bond acceptors (Lipinski definition) is 2. The molecule has 1 aromatic rings. The first kappa shape index (κ1) is 13.4. The molecule has 90 valence electrons. The lowest BCUT2D eigenvalue weighted by Gasteiger charge is -2.24. The zero-order chi connectivity index (χ0) is 12.2. The van der Waals surface area contributed by atoms with E-state index in [1.165, 1.54) is 6.07 Å². The van der Waals surface area contributed by atoms with Crippen LogP contribution in [0.2, 0.25) is 5.02 Å². The van der Waals surface area contributed by atoms with E-state index in [-0.39, 0.29) is 5.02 Å². The molecule has 4 heteroatoms. The molecule has 0 aliphatic rings. The monoisotopic (exact) mass is 245 g/mol. The Morgan fingerprint density at radius 1 is 1.50 bits per heavy atom. The summed E-state index contributed by atoms with van der Waals surface area (Å²) in [4.78, 5) is 0. The third-order valence-corrected chi connectivity index (χ3v) is 2.55. The fourth-order valence-corrected chi connectivity index (χ4v) is 1.70. The lowest BCUT2D eigenvalue weighted by atomic mass is 9.94. The van der Waals surface area contributed by atoms with Crippen molar-refractivity contribution in [2.45, 2.75) is 25.8 Å². The first-order valence-electron chi connectivity index (χ1n) is 5.26. The molecule has 1 unspecified atom stereocenters. The van der Waals surface area contributed by atoms with Gasteiger partial charge in [0.05, 0.1) is 11.6 Å². The van der Waals surface area contributed by atoms with Gasteiger partial charge in [-0.2, -0.15) is 0 Å².